The SMILES string of the molecule is CCC(Sc1cccc(NC(=S)Nc2ccc(C(C)=O)cc2)c1)C(=O)Nc1ccc(Br)cc1. The van der Waals surface area contributed by atoms with E-state index in [0.29, 0.717) is 17.1 Å². The minimum atomic E-state index is -0.228. The number of Topliss-reactive ketones (excluding diaryl/α,β-unsaturated/α-hetero) is 1. The summed E-state index contributed by atoms with van der Waals surface area (Å²) in [5, 5.41) is 9.47. The molecule has 170 valence electrons. The van der Waals surface area contributed by atoms with Gasteiger partial charge in [-0.3, -0.25) is 9.59 Å². The lowest BCUT2D eigenvalue weighted by Crippen LogP contribution is -2.24. The van der Waals surface area contributed by atoms with Crippen molar-refractivity contribution in [2.45, 2.75) is 30.4 Å². The highest BCUT2D eigenvalue weighted by Gasteiger charge is 2.18. The molecule has 0 radical (unpaired) electrons. The Bertz CT molecular complexity index is 1140. The van der Waals surface area contributed by atoms with Gasteiger partial charge in [0.05, 0.1) is 5.25 Å². The molecule has 0 heterocycles. The van der Waals surface area contributed by atoms with Gasteiger partial charge in [0.2, 0.25) is 5.91 Å². The van der Waals surface area contributed by atoms with Crippen molar-refractivity contribution in [1.29, 1.82) is 0 Å². The predicted octanol–water partition coefficient (Wildman–Crippen LogP) is 6.97. The van der Waals surface area contributed by atoms with E-state index in [1.807, 2.05) is 67.6 Å². The molecule has 3 aromatic rings. The van der Waals surface area contributed by atoms with Gasteiger partial charge in [-0.15, -0.1) is 11.8 Å². The number of rotatable bonds is 8. The van der Waals surface area contributed by atoms with Gasteiger partial charge in [0.15, 0.2) is 10.9 Å². The molecule has 0 saturated carbocycles. The van der Waals surface area contributed by atoms with E-state index in [9.17, 15) is 9.59 Å². The fourth-order valence-electron chi connectivity index (χ4n) is 2.97. The topological polar surface area (TPSA) is 70.2 Å². The fraction of sp³-hybridized carbons (Fsp3) is 0.160. The maximum atomic E-state index is 12.8. The van der Waals surface area contributed by atoms with Crippen molar-refractivity contribution >= 4 is 73.8 Å². The van der Waals surface area contributed by atoms with E-state index in [4.69, 9.17) is 12.2 Å². The fourth-order valence-corrected chi connectivity index (χ4v) is 4.48. The highest BCUT2D eigenvalue weighted by Crippen LogP contribution is 2.29. The molecule has 0 spiro atoms. The molecule has 0 aliphatic rings. The number of benzene rings is 3. The Morgan fingerprint density at radius 1 is 0.909 bits per heavy atom. The van der Waals surface area contributed by atoms with E-state index in [2.05, 4.69) is 31.9 Å². The largest absolute Gasteiger partial charge is 0.332 e. The maximum absolute atomic E-state index is 12.8. The molecule has 0 saturated heterocycles. The second-order valence-corrected chi connectivity index (χ2v) is 9.85. The highest BCUT2D eigenvalue weighted by molar-refractivity contribution is 9.10. The lowest BCUT2D eigenvalue weighted by molar-refractivity contribution is -0.115. The van der Waals surface area contributed by atoms with Crippen molar-refractivity contribution in [3.8, 4) is 0 Å². The van der Waals surface area contributed by atoms with Crippen LogP contribution in [0.3, 0.4) is 0 Å². The van der Waals surface area contributed by atoms with Gasteiger partial charge in [0, 0.05) is 32.0 Å². The Balaban J connectivity index is 1.59. The molecular formula is C25H24BrN3O2S2. The van der Waals surface area contributed by atoms with Gasteiger partial charge in [-0.25, -0.2) is 0 Å². The van der Waals surface area contributed by atoms with Crippen LogP contribution >= 0.6 is 39.9 Å². The molecule has 3 rings (SSSR count). The Morgan fingerprint density at radius 3 is 2.15 bits per heavy atom. The van der Waals surface area contributed by atoms with Gasteiger partial charge >= 0.3 is 0 Å². The summed E-state index contributed by atoms with van der Waals surface area (Å²) in [5.74, 6) is -0.0122. The molecular weight excluding hydrogens is 518 g/mol. The first kappa shape index (κ1) is 25.0. The number of hydrogen-bond acceptors (Lipinski definition) is 4. The van der Waals surface area contributed by atoms with Gasteiger partial charge in [-0.1, -0.05) is 28.9 Å². The molecule has 0 aliphatic carbocycles. The molecule has 0 aromatic heterocycles. The minimum Gasteiger partial charge on any atom is -0.332 e. The van der Waals surface area contributed by atoms with Crippen LogP contribution in [0.15, 0.2) is 82.2 Å². The molecule has 33 heavy (non-hydrogen) atoms. The number of thiocarbonyl (C=S) groups is 1. The predicted molar refractivity (Wildman–Crippen MR) is 145 cm³/mol. The number of ketones is 1. The van der Waals surface area contributed by atoms with Crippen molar-refractivity contribution < 1.29 is 9.59 Å². The monoisotopic (exact) mass is 541 g/mol. The first-order chi connectivity index (χ1) is 15.8. The van der Waals surface area contributed by atoms with Gasteiger partial charge in [0.25, 0.3) is 0 Å². The Hall–Kier alpha value is -2.68. The Labute approximate surface area is 211 Å². The number of carbonyl (C=O) groups is 2. The van der Waals surface area contributed by atoms with Crippen LogP contribution in [-0.2, 0) is 4.79 Å². The molecule has 5 nitrogen and oxygen atoms in total. The van der Waals surface area contributed by atoms with Crippen LogP contribution in [0, 0.1) is 0 Å². The number of amides is 1. The molecule has 0 aliphatic heterocycles. The van der Waals surface area contributed by atoms with Gasteiger partial charge in [-0.2, -0.15) is 0 Å². The number of carbonyl (C=O) groups excluding carboxylic acids is 2. The average Bonchev–Trinajstić information content (AvgIpc) is 2.79. The second kappa shape index (κ2) is 12.0. The third-order valence-corrected chi connectivity index (χ3v) is 6.79. The molecule has 3 aromatic carbocycles. The smallest absolute Gasteiger partial charge is 0.237 e. The normalized spacial score (nSPS) is 11.4. The van der Waals surface area contributed by atoms with E-state index in [-0.39, 0.29) is 16.9 Å². The first-order valence-corrected chi connectivity index (χ1v) is 12.4. The van der Waals surface area contributed by atoms with Crippen LogP contribution in [0.2, 0.25) is 0 Å². The summed E-state index contributed by atoms with van der Waals surface area (Å²) in [6.45, 7) is 3.53. The molecule has 3 N–H and O–H groups in total. The van der Waals surface area contributed by atoms with Crippen LogP contribution in [-0.4, -0.2) is 22.1 Å². The van der Waals surface area contributed by atoms with Crippen LogP contribution in [0.4, 0.5) is 17.1 Å². The van der Waals surface area contributed by atoms with Gasteiger partial charge in [-0.05, 0) is 92.3 Å². The summed E-state index contributed by atoms with van der Waals surface area (Å²) in [7, 11) is 0. The van der Waals surface area contributed by atoms with Gasteiger partial charge in [0.1, 0.15) is 0 Å². The number of anilines is 3. The lowest BCUT2D eigenvalue weighted by atomic mass is 10.1. The summed E-state index contributed by atoms with van der Waals surface area (Å²) in [4.78, 5) is 25.1. The van der Waals surface area contributed by atoms with E-state index in [1.54, 1.807) is 12.1 Å². The standard InChI is InChI=1S/C25H24BrN3O2S2/c1-3-23(24(31)27-19-13-9-18(26)10-14-19)33-22-6-4-5-21(15-22)29-25(32)28-20-11-7-17(8-12-20)16(2)30/h4-15,23H,3H2,1-2H3,(H,27,31)(H2,28,29,32). The number of nitrogens with one attached hydrogen (secondary N) is 3. The summed E-state index contributed by atoms with van der Waals surface area (Å²) >= 11 is 10.3. The number of thioether (sulfide) groups is 1. The summed E-state index contributed by atoms with van der Waals surface area (Å²) in [6, 6.07) is 22.4. The first-order valence-electron chi connectivity index (χ1n) is 10.4. The summed E-state index contributed by atoms with van der Waals surface area (Å²) < 4.78 is 0.965. The van der Waals surface area contributed by atoms with Crippen molar-refractivity contribution in [3.63, 3.8) is 0 Å². The number of halogens is 1. The maximum Gasteiger partial charge on any atom is 0.237 e. The van der Waals surface area contributed by atoms with Crippen LogP contribution in [0.25, 0.3) is 0 Å². The molecule has 0 fully saturated rings. The second-order valence-electron chi connectivity index (χ2n) is 7.25. The van der Waals surface area contributed by atoms with Gasteiger partial charge < -0.3 is 16.0 Å². The van der Waals surface area contributed by atoms with Crippen LogP contribution < -0.4 is 16.0 Å². The van der Waals surface area contributed by atoms with Crippen molar-refractivity contribution in [2.24, 2.45) is 0 Å². The van der Waals surface area contributed by atoms with Crippen LogP contribution in [0.1, 0.15) is 30.6 Å². The molecule has 1 unspecified atom stereocenters. The average molecular weight is 543 g/mol. The lowest BCUT2D eigenvalue weighted by Gasteiger charge is -2.16. The zero-order valence-electron chi connectivity index (χ0n) is 18.2. The molecule has 8 heteroatoms. The third-order valence-electron chi connectivity index (χ3n) is 4.69. The zero-order chi connectivity index (χ0) is 23.8. The Morgan fingerprint density at radius 2 is 1.52 bits per heavy atom. The molecule has 0 bridgehead atoms. The zero-order valence-corrected chi connectivity index (χ0v) is 21.4. The van der Waals surface area contributed by atoms with E-state index in [0.717, 1.165) is 26.4 Å². The van der Waals surface area contributed by atoms with E-state index >= 15 is 0 Å². The van der Waals surface area contributed by atoms with Crippen molar-refractivity contribution in [1.82, 2.24) is 0 Å². The van der Waals surface area contributed by atoms with Crippen molar-refractivity contribution in [3.05, 3.63) is 82.8 Å². The summed E-state index contributed by atoms with van der Waals surface area (Å²) in [5.41, 5.74) is 3.03. The highest BCUT2D eigenvalue weighted by atomic mass is 79.9. The van der Waals surface area contributed by atoms with E-state index < -0.39 is 0 Å². The van der Waals surface area contributed by atoms with Crippen LogP contribution in [0.5, 0.6) is 0 Å². The Kier molecular flexibility index (Phi) is 9.05. The molecule has 1 amide bonds. The third kappa shape index (κ3) is 7.70. The molecule has 1 atom stereocenters. The minimum absolute atomic E-state index is 0.0208. The summed E-state index contributed by atoms with van der Waals surface area (Å²) in [6.07, 6.45) is 0.695. The van der Waals surface area contributed by atoms with Crippen molar-refractivity contribution in [2.75, 3.05) is 16.0 Å². The van der Waals surface area contributed by atoms with E-state index in [1.165, 1.54) is 18.7 Å². The number of hydrogen-bond donors (Lipinski definition) is 3. The quantitative estimate of drug-likeness (QED) is 0.162.